The molecule has 10 heteroatoms. The van der Waals surface area contributed by atoms with Gasteiger partial charge in [0.05, 0.1) is 13.6 Å². The van der Waals surface area contributed by atoms with Crippen LogP contribution in [0.3, 0.4) is 0 Å². The van der Waals surface area contributed by atoms with Crippen LogP contribution in [0.5, 0.6) is 0 Å². The highest BCUT2D eigenvalue weighted by Gasteiger charge is 2.17. The molecule has 122 valence electrons. The number of hydrogen-bond acceptors (Lipinski definition) is 7. The van der Waals surface area contributed by atoms with Gasteiger partial charge in [-0.25, -0.2) is 0 Å². The van der Waals surface area contributed by atoms with E-state index in [4.69, 9.17) is 4.42 Å². The Morgan fingerprint density at radius 3 is 2.79 bits per heavy atom. The number of thiophene rings is 1. The van der Waals surface area contributed by atoms with Gasteiger partial charge in [0.1, 0.15) is 0 Å². The molecule has 0 saturated carbocycles. The van der Waals surface area contributed by atoms with Crippen molar-refractivity contribution in [2.45, 2.75) is 6.92 Å². The number of carbonyl (C=O) groups excluding carboxylic acids is 1. The van der Waals surface area contributed by atoms with Gasteiger partial charge < -0.3 is 4.42 Å². The fourth-order valence-corrected chi connectivity index (χ4v) is 3.23. The highest BCUT2D eigenvalue weighted by atomic mass is 79.9. The lowest BCUT2D eigenvalue weighted by molar-refractivity contribution is -0.385. The first-order valence-corrected chi connectivity index (χ1v) is 8.20. The number of benzene rings is 1. The molecule has 0 aliphatic heterocycles. The summed E-state index contributed by atoms with van der Waals surface area (Å²) in [4.78, 5) is 23.3. The van der Waals surface area contributed by atoms with Gasteiger partial charge in [-0.3, -0.25) is 20.2 Å². The van der Waals surface area contributed by atoms with E-state index in [2.05, 4.69) is 31.4 Å². The lowest BCUT2D eigenvalue weighted by Gasteiger charge is -2.02. The molecule has 2 heterocycles. The van der Waals surface area contributed by atoms with Crippen molar-refractivity contribution in [3.63, 3.8) is 0 Å². The number of nitrogens with one attached hydrogen (secondary N) is 1. The van der Waals surface area contributed by atoms with Gasteiger partial charge in [0.25, 0.3) is 17.5 Å². The molecule has 0 atom stereocenters. The molecule has 0 unspecified atom stereocenters. The molecular formula is C14H9BrN4O4S. The molecule has 0 radical (unpaired) electrons. The molecule has 1 N–H and O–H groups in total. The van der Waals surface area contributed by atoms with Crippen LogP contribution in [0.4, 0.5) is 11.7 Å². The Morgan fingerprint density at radius 1 is 1.33 bits per heavy atom. The van der Waals surface area contributed by atoms with Crippen LogP contribution in [0.1, 0.15) is 15.9 Å². The van der Waals surface area contributed by atoms with Crippen molar-refractivity contribution in [3.8, 4) is 10.8 Å². The zero-order chi connectivity index (χ0) is 17.3. The third-order valence-corrected chi connectivity index (χ3v) is 4.71. The van der Waals surface area contributed by atoms with Gasteiger partial charge in [0.15, 0.2) is 0 Å². The minimum atomic E-state index is -0.569. The van der Waals surface area contributed by atoms with E-state index in [9.17, 15) is 14.9 Å². The third kappa shape index (κ3) is 3.34. The number of aromatic nitrogens is 2. The lowest BCUT2D eigenvalue weighted by Crippen LogP contribution is -2.12. The maximum Gasteiger partial charge on any atom is 0.322 e. The largest absolute Gasteiger partial charge is 0.402 e. The van der Waals surface area contributed by atoms with E-state index in [0.717, 1.165) is 8.66 Å². The minimum Gasteiger partial charge on any atom is -0.402 e. The number of anilines is 1. The Bertz CT molecular complexity index is 937. The first-order chi connectivity index (χ1) is 11.4. The van der Waals surface area contributed by atoms with Crippen molar-refractivity contribution in [1.82, 2.24) is 10.2 Å². The van der Waals surface area contributed by atoms with Crippen molar-refractivity contribution in [3.05, 3.63) is 55.4 Å². The minimum absolute atomic E-state index is 0.0808. The summed E-state index contributed by atoms with van der Waals surface area (Å²) in [6.45, 7) is 1.60. The van der Waals surface area contributed by atoms with Crippen molar-refractivity contribution in [2.24, 2.45) is 0 Å². The van der Waals surface area contributed by atoms with E-state index < -0.39 is 10.8 Å². The number of amides is 1. The summed E-state index contributed by atoms with van der Waals surface area (Å²) >= 11 is 4.74. The summed E-state index contributed by atoms with van der Waals surface area (Å²) < 4.78 is 6.29. The number of nitro benzene ring substituents is 1. The molecule has 2 aromatic heterocycles. The average molecular weight is 409 g/mol. The summed E-state index contributed by atoms with van der Waals surface area (Å²) in [6.07, 6.45) is 0. The molecule has 0 aliphatic rings. The van der Waals surface area contributed by atoms with Crippen LogP contribution >= 0.6 is 27.3 Å². The van der Waals surface area contributed by atoms with E-state index in [0.29, 0.717) is 5.56 Å². The molecule has 0 saturated heterocycles. The zero-order valence-corrected chi connectivity index (χ0v) is 14.6. The molecule has 3 aromatic rings. The second kappa shape index (κ2) is 6.49. The molecule has 0 aliphatic carbocycles. The fraction of sp³-hybridized carbons (Fsp3) is 0.0714. The molecule has 24 heavy (non-hydrogen) atoms. The first kappa shape index (κ1) is 16.3. The second-order valence-corrected chi connectivity index (χ2v) is 7.19. The summed E-state index contributed by atoms with van der Waals surface area (Å²) in [6, 6.07) is 7.77. The topological polar surface area (TPSA) is 111 Å². The van der Waals surface area contributed by atoms with Crippen LogP contribution in [0.2, 0.25) is 0 Å². The summed E-state index contributed by atoms with van der Waals surface area (Å²) in [5, 5.41) is 21.0. The highest BCUT2D eigenvalue weighted by Crippen LogP contribution is 2.31. The molecule has 3 rings (SSSR count). The SMILES string of the molecule is Cc1ccc(C(=O)Nc2nnc(-c3ccc(Br)s3)o2)cc1[N+](=O)[O-]. The number of nitrogens with zero attached hydrogens (tertiary/aromatic N) is 3. The van der Waals surface area contributed by atoms with Gasteiger partial charge in [-0.1, -0.05) is 11.2 Å². The first-order valence-electron chi connectivity index (χ1n) is 6.59. The number of halogens is 1. The summed E-state index contributed by atoms with van der Waals surface area (Å²) in [5.41, 5.74) is 0.475. The van der Waals surface area contributed by atoms with Crippen LogP contribution in [-0.4, -0.2) is 21.0 Å². The van der Waals surface area contributed by atoms with Crippen LogP contribution in [0.25, 0.3) is 10.8 Å². The highest BCUT2D eigenvalue weighted by molar-refractivity contribution is 9.11. The average Bonchev–Trinajstić information content (AvgIpc) is 3.16. The van der Waals surface area contributed by atoms with Crippen LogP contribution in [0.15, 0.2) is 38.5 Å². The van der Waals surface area contributed by atoms with Gasteiger partial charge in [0.2, 0.25) is 0 Å². The monoisotopic (exact) mass is 408 g/mol. The van der Waals surface area contributed by atoms with Crippen LogP contribution < -0.4 is 5.32 Å². The van der Waals surface area contributed by atoms with E-state index >= 15 is 0 Å². The van der Waals surface area contributed by atoms with Crippen molar-refractivity contribution >= 4 is 44.9 Å². The van der Waals surface area contributed by atoms with Crippen molar-refractivity contribution < 1.29 is 14.1 Å². The van der Waals surface area contributed by atoms with Gasteiger partial charge in [-0.2, -0.15) is 0 Å². The predicted molar refractivity (Wildman–Crippen MR) is 91.1 cm³/mol. The Hall–Kier alpha value is -2.59. The summed E-state index contributed by atoms with van der Waals surface area (Å²) in [7, 11) is 0. The quantitative estimate of drug-likeness (QED) is 0.515. The molecular weight excluding hydrogens is 400 g/mol. The third-order valence-electron chi connectivity index (χ3n) is 3.10. The smallest absolute Gasteiger partial charge is 0.322 e. The Balaban J connectivity index is 1.79. The number of hydrogen-bond donors (Lipinski definition) is 1. The Kier molecular flexibility index (Phi) is 4.40. The number of carbonyl (C=O) groups is 1. The van der Waals surface area contributed by atoms with Crippen molar-refractivity contribution in [1.29, 1.82) is 0 Å². The van der Waals surface area contributed by atoms with Crippen LogP contribution in [-0.2, 0) is 0 Å². The summed E-state index contributed by atoms with van der Waals surface area (Å²) in [5.74, 6) is -0.295. The molecule has 0 spiro atoms. The normalized spacial score (nSPS) is 10.6. The Labute approximate surface area is 147 Å². The fourth-order valence-electron chi connectivity index (χ4n) is 1.92. The Morgan fingerprint density at radius 2 is 2.12 bits per heavy atom. The van der Waals surface area contributed by atoms with Gasteiger partial charge >= 0.3 is 6.01 Å². The predicted octanol–water partition coefficient (Wildman–Crippen LogP) is 4.03. The number of nitro groups is 1. The maximum atomic E-state index is 12.2. The number of aryl methyl sites for hydroxylation is 1. The van der Waals surface area contributed by atoms with Gasteiger partial charge in [0, 0.05) is 17.2 Å². The lowest BCUT2D eigenvalue weighted by atomic mass is 10.1. The standard InChI is InChI=1S/C14H9BrN4O4S/c1-7-2-3-8(6-9(7)19(21)22)12(20)16-14-18-17-13(23-14)10-4-5-11(15)24-10/h2-6H,1H3,(H,16,18,20). The zero-order valence-electron chi connectivity index (χ0n) is 12.1. The van der Waals surface area contributed by atoms with E-state index in [1.54, 1.807) is 13.0 Å². The number of rotatable bonds is 4. The van der Waals surface area contributed by atoms with E-state index in [-0.39, 0.29) is 23.2 Å². The van der Waals surface area contributed by atoms with Gasteiger partial charge in [-0.05, 0) is 41.1 Å². The van der Waals surface area contributed by atoms with E-state index in [1.165, 1.54) is 29.5 Å². The molecule has 8 nitrogen and oxygen atoms in total. The van der Waals surface area contributed by atoms with Gasteiger partial charge in [-0.15, -0.1) is 16.4 Å². The molecule has 1 aromatic carbocycles. The maximum absolute atomic E-state index is 12.2. The van der Waals surface area contributed by atoms with Crippen molar-refractivity contribution in [2.75, 3.05) is 5.32 Å². The molecule has 1 amide bonds. The molecule has 0 fully saturated rings. The molecule has 0 bridgehead atoms. The second-order valence-electron chi connectivity index (χ2n) is 4.73. The van der Waals surface area contributed by atoms with Crippen LogP contribution in [0, 0.1) is 17.0 Å². The van der Waals surface area contributed by atoms with E-state index in [1.807, 2.05) is 6.07 Å².